The maximum atomic E-state index is 11.3. The van der Waals surface area contributed by atoms with Crippen molar-refractivity contribution in [3.05, 3.63) is 17.7 Å². The molecule has 2 unspecified atom stereocenters. The maximum Gasteiger partial charge on any atom is 0.326 e. The van der Waals surface area contributed by atoms with Gasteiger partial charge < -0.3 is 9.67 Å². The van der Waals surface area contributed by atoms with E-state index in [-0.39, 0.29) is 0 Å². The van der Waals surface area contributed by atoms with Gasteiger partial charge in [-0.3, -0.25) is 4.90 Å². The molecule has 1 saturated heterocycles. The van der Waals surface area contributed by atoms with Gasteiger partial charge in [-0.05, 0) is 39.3 Å². The van der Waals surface area contributed by atoms with Crippen LogP contribution >= 0.6 is 0 Å². The fraction of sp³-hybridized carbons (Fsp3) is 0.692. The molecule has 0 saturated carbocycles. The van der Waals surface area contributed by atoms with E-state index in [0.717, 1.165) is 43.7 Å². The zero-order valence-corrected chi connectivity index (χ0v) is 10.7. The van der Waals surface area contributed by atoms with E-state index in [9.17, 15) is 9.90 Å². The van der Waals surface area contributed by atoms with Crippen molar-refractivity contribution in [1.82, 2.24) is 14.5 Å². The van der Waals surface area contributed by atoms with Crippen molar-refractivity contribution in [3.63, 3.8) is 0 Å². The van der Waals surface area contributed by atoms with Crippen LogP contribution in [0.15, 0.2) is 6.20 Å². The van der Waals surface area contributed by atoms with Gasteiger partial charge in [0.1, 0.15) is 11.9 Å². The Balaban J connectivity index is 1.93. The highest BCUT2D eigenvalue weighted by Gasteiger charge is 2.30. The summed E-state index contributed by atoms with van der Waals surface area (Å²) in [6, 6.07) is -0.0424. The van der Waals surface area contributed by atoms with Gasteiger partial charge in [-0.25, -0.2) is 9.78 Å². The predicted molar refractivity (Wildman–Crippen MR) is 66.4 cm³/mol. The minimum Gasteiger partial charge on any atom is -0.480 e. The monoisotopic (exact) mass is 249 g/mol. The topological polar surface area (TPSA) is 58.4 Å². The van der Waals surface area contributed by atoms with Gasteiger partial charge in [0.2, 0.25) is 0 Å². The van der Waals surface area contributed by atoms with Gasteiger partial charge in [0.25, 0.3) is 0 Å². The Hall–Kier alpha value is -1.36. The molecule has 2 aliphatic rings. The van der Waals surface area contributed by atoms with Crippen LogP contribution in [0.4, 0.5) is 0 Å². The normalized spacial score (nSPS) is 28.3. The number of nitrogens with zero attached hydrogens (tertiary/aromatic N) is 3. The Morgan fingerprint density at radius 3 is 2.94 bits per heavy atom. The Morgan fingerprint density at radius 2 is 2.28 bits per heavy atom. The summed E-state index contributed by atoms with van der Waals surface area (Å²) < 4.78 is 1.88. The Kier molecular flexibility index (Phi) is 2.86. The first kappa shape index (κ1) is 11.7. The molecule has 0 radical (unpaired) electrons. The van der Waals surface area contributed by atoms with Crippen molar-refractivity contribution in [2.24, 2.45) is 0 Å². The van der Waals surface area contributed by atoms with E-state index in [4.69, 9.17) is 0 Å². The van der Waals surface area contributed by atoms with Gasteiger partial charge in [0.05, 0.1) is 11.7 Å². The van der Waals surface area contributed by atoms with Crippen molar-refractivity contribution in [1.29, 1.82) is 0 Å². The number of carboxylic acid groups (broad SMARTS) is 1. The third-order valence-corrected chi connectivity index (χ3v) is 4.19. The highest BCUT2D eigenvalue weighted by Crippen LogP contribution is 2.32. The number of carbonyl (C=O) groups is 1. The van der Waals surface area contributed by atoms with Gasteiger partial charge >= 0.3 is 5.97 Å². The van der Waals surface area contributed by atoms with E-state index in [1.807, 2.05) is 10.8 Å². The molecule has 1 fully saturated rings. The van der Waals surface area contributed by atoms with Gasteiger partial charge in [-0.2, -0.15) is 0 Å². The van der Waals surface area contributed by atoms with E-state index in [0.29, 0.717) is 6.04 Å². The van der Waals surface area contributed by atoms with E-state index < -0.39 is 12.0 Å². The molecular formula is C13H19N3O2. The number of aromatic nitrogens is 2. The minimum absolute atomic E-state index is 0.373. The first-order valence-corrected chi connectivity index (χ1v) is 6.67. The molecule has 0 spiro atoms. The number of carboxylic acids is 1. The second-order valence-electron chi connectivity index (χ2n) is 5.37. The van der Waals surface area contributed by atoms with Crippen molar-refractivity contribution >= 4 is 5.97 Å². The molecule has 3 heterocycles. The molecule has 1 aromatic rings. The molecule has 1 aromatic heterocycles. The van der Waals surface area contributed by atoms with Crippen LogP contribution in [-0.4, -0.2) is 39.1 Å². The molecule has 5 nitrogen and oxygen atoms in total. The first-order chi connectivity index (χ1) is 8.66. The molecule has 0 aliphatic carbocycles. The summed E-state index contributed by atoms with van der Waals surface area (Å²) in [6.07, 6.45) is 6.85. The van der Waals surface area contributed by atoms with Crippen molar-refractivity contribution in [3.8, 4) is 0 Å². The molecule has 1 N–H and O–H groups in total. The number of fused-ring (bicyclic) bond motifs is 1. The van der Waals surface area contributed by atoms with E-state index >= 15 is 0 Å². The van der Waals surface area contributed by atoms with Crippen LogP contribution in [-0.2, 0) is 11.2 Å². The molecular weight excluding hydrogens is 230 g/mol. The summed E-state index contributed by atoms with van der Waals surface area (Å²) in [4.78, 5) is 18.2. The first-order valence-electron chi connectivity index (χ1n) is 6.67. The van der Waals surface area contributed by atoms with E-state index in [1.54, 1.807) is 0 Å². The number of likely N-dealkylation sites (tertiary alicyclic amines) is 1. The van der Waals surface area contributed by atoms with Crippen LogP contribution in [0.2, 0.25) is 0 Å². The molecule has 18 heavy (non-hydrogen) atoms. The third-order valence-electron chi connectivity index (χ3n) is 4.19. The summed E-state index contributed by atoms with van der Waals surface area (Å²) >= 11 is 0. The summed E-state index contributed by atoms with van der Waals surface area (Å²) in [5.74, 6) is 0.212. The van der Waals surface area contributed by atoms with Gasteiger partial charge in [-0.15, -0.1) is 0 Å². The quantitative estimate of drug-likeness (QED) is 0.865. The second kappa shape index (κ2) is 4.39. The predicted octanol–water partition coefficient (Wildman–Crippen LogP) is 1.61. The van der Waals surface area contributed by atoms with Crippen LogP contribution in [0.3, 0.4) is 0 Å². The lowest BCUT2D eigenvalue weighted by Crippen LogP contribution is -2.24. The fourth-order valence-electron chi connectivity index (χ4n) is 3.19. The van der Waals surface area contributed by atoms with Crippen molar-refractivity contribution in [2.75, 3.05) is 13.6 Å². The number of rotatable bonds is 2. The summed E-state index contributed by atoms with van der Waals surface area (Å²) in [5.41, 5.74) is 1.05. The lowest BCUT2D eigenvalue weighted by atomic mass is 10.1. The number of aliphatic carboxylic acids is 1. The molecule has 2 atom stereocenters. The van der Waals surface area contributed by atoms with Crippen LogP contribution in [0.1, 0.15) is 49.3 Å². The zero-order valence-electron chi connectivity index (χ0n) is 10.7. The Bertz CT molecular complexity index is 469. The van der Waals surface area contributed by atoms with Crippen LogP contribution < -0.4 is 0 Å². The lowest BCUT2D eigenvalue weighted by Gasteiger charge is -2.21. The standard InChI is InChI=1S/C13H19N3O2/c1-15-7-3-5-10(15)9-8-16-11(13(17)18)4-2-6-12(16)14-9/h8,10-11H,2-7H2,1H3,(H,17,18). The average molecular weight is 249 g/mol. The van der Waals surface area contributed by atoms with Crippen LogP contribution in [0.25, 0.3) is 0 Å². The lowest BCUT2D eigenvalue weighted by molar-refractivity contribution is -0.141. The van der Waals surface area contributed by atoms with E-state index in [2.05, 4.69) is 16.9 Å². The average Bonchev–Trinajstić information content (AvgIpc) is 2.92. The highest BCUT2D eigenvalue weighted by molar-refractivity contribution is 5.72. The molecule has 2 aliphatic heterocycles. The number of hydrogen-bond donors (Lipinski definition) is 1. The highest BCUT2D eigenvalue weighted by atomic mass is 16.4. The maximum absolute atomic E-state index is 11.3. The fourth-order valence-corrected chi connectivity index (χ4v) is 3.19. The molecule has 0 amide bonds. The molecule has 3 rings (SSSR count). The molecule has 0 aromatic carbocycles. The Morgan fingerprint density at radius 1 is 1.44 bits per heavy atom. The second-order valence-corrected chi connectivity index (χ2v) is 5.37. The minimum atomic E-state index is -0.736. The van der Waals surface area contributed by atoms with Crippen molar-refractivity contribution in [2.45, 2.75) is 44.2 Å². The molecule has 98 valence electrons. The Labute approximate surface area is 106 Å². The summed E-state index contributed by atoms with van der Waals surface area (Å²) in [7, 11) is 2.12. The number of aryl methyl sites for hydroxylation is 1. The number of hydrogen-bond acceptors (Lipinski definition) is 3. The van der Waals surface area contributed by atoms with E-state index in [1.165, 1.54) is 6.42 Å². The van der Waals surface area contributed by atoms with Gasteiger partial charge in [0, 0.05) is 12.6 Å². The summed E-state index contributed by atoms with van der Waals surface area (Å²) in [5, 5.41) is 9.25. The summed E-state index contributed by atoms with van der Waals surface area (Å²) in [6.45, 7) is 1.11. The van der Waals surface area contributed by atoms with Gasteiger partial charge in [0.15, 0.2) is 0 Å². The van der Waals surface area contributed by atoms with Crippen molar-refractivity contribution < 1.29 is 9.90 Å². The third kappa shape index (κ3) is 1.82. The molecule has 0 bridgehead atoms. The van der Waals surface area contributed by atoms with Crippen LogP contribution in [0, 0.1) is 0 Å². The largest absolute Gasteiger partial charge is 0.480 e. The molecule has 5 heteroatoms. The smallest absolute Gasteiger partial charge is 0.326 e. The zero-order chi connectivity index (χ0) is 12.7. The van der Waals surface area contributed by atoms with Gasteiger partial charge in [-0.1, -0.05) is 0 Å². The SMILES string of the molecule is CN1CCCC1c1cn2c(n1)CCCC2C(=O)O. The van der Waals surface area contributed by atoms with Crippen LogP contribution in [0.5, 0.6) is 0 Å². The number of imidazole rings is 1.